The molecule has 0 radical (unpaired) electrons. The van der Waals surface area contributed by atoms with Gasteiger partial charge in [0.2, 0.25) is 6.85 Å². The molecule has 0 fully saturated rings. The largest absolute Gasteiger partial charge is 0.510 e. The molecule has 392 valence electrons. The zero-order valence-electron chi connectivity index (χ0n) is 55.7. The summed E-state index contributed by atoms with van der Waals surface area (Å²) in [4.78, 5) is 9.86. The van der Waals surface area contributed by atoms with Crippen LogP contribution in [-0.2, 0) is 26.5 Å². The van der Waals surface area contributed by atoms with Crippen LogP contribution in [-0.4, -0.2) is 41.9 Å². The molecule has 3 aromatic heterocycles. The van der Waals surface area contributed by atoms with Gasteiger partial charge in [-0.1, -0.05) is 199 Å². The average molecular weight is 1230 g/mol. The Bertz CT molecular complexity index is 4900. The maximum Gasteiger partial charge on any atom is 0.326 e. The quantitative estimate of drug-likeness (QED) is 0.0906. The number of ether oxygens (including phenoxy) is 1. The van der Waals surface area contributed by atoms with E-state index in [2.05, 4.69) is 149 Å². The molecule has 14 rings (SSSR count). The van der Waals surface area contributed by atoms with E-state index < -0.39 is 60.4 Å². The number of pyridine rings is 1. The van der Waals surface area contributed by atoms with E-state index in [0.29, 0.717) is 28.2 Å². The fraction of sp³-hybridized carbons (Fsp3) is 0.143. The summed E-state index contributed by atoms with van der Waals surface area (Å²) in [7, 11) is 4.22. The number of aromatic nitrogens is 4. The Balaban J connectivity index is 0.00000743. The van der Waals surface area contributed by atoms with E-state index in [9.17, 15) is 5.48 Å². The second-order valence-electron chi connectivity index (χ2n) is 21.9. The second-order valence-corrected chi connectivity index (χ2v) is 21.9. The third-order valence-corrected chi connectivity index (χ3v) is 16.2. The number of para-hydroxylation sites is 3. The van der Waals surface area contributed by atoms with Crippen LogP contribution < -0.4 is 40.8 Å². The van der Waals surface area contributed by atoms with Crippen LogP contribution in [0.15, 0.2) is 188 Å². The van der Waals surface area contributed by atoms with Crippen LogP contribution in [0, 0.1) is 46.2 Å². The molecular formula is C70H58B2N6OPt-2. The Labute approximate surface area is 498 Å². The molecule has 0 amide bonds. The van der Waals surface area contributed by atoms with Crippen LogP contribution in [0.5, 0.6) is 11.5 Å². The molecule has 0 atom stereocenters. The summed E-state index contributed by atoms with van der Waals surface area (Å²) in [6.45, 7) is 14.8. The van der Waals surface area contributed by atoms with Crippen LogP contribution in [0.3, 0.4) is 0 Å². The molecule has 7 nitrogen and oxygen atoms in total. The first-order chi connectivity index (χ1) is 42.5. The topological polar surface area (TPSA) is 42.3 Å². The number of aryl methyl sites for hydroxylation is 4. The number of hydrogen-bond acceptors (Lipinski definition) is 4. The third-order valence-electron chi connectivity index (χ3n) is 16.2. The summed E-state index contributed by atoms with van der Waals surface area (Å²) in [6.07, 6.45) is 5.56. The fourth-order valence-electron chi connectivity index (χ4n) is 12.7. The van der Waals surface area contributed by atoms with Gasteiger partial charge in [-0.05, 0) is 109 Å². The van der Waals surface area contributed by atoms with Gasteiger partial charge in [0.25, 0.3) is 6.33 Å². The number of fused-ring (bicyclic) bond motifs is 7. The molecule has 9 aromatic carbocycles. The van der Waals surface area contributed by atoms with Crippen LogP contribution in [0.2, 0.25) is 0 Å². The van der Waals surface area contributed by atoms with Gasteiger partial charge in [0.1, 0.15) is 5.52 Å². The summed E-state index contributed by atoms with van der Waals surface area (Å²) in [5.41, 5.74) is 15.3. The number of nitrogens with zero attached hydrogens (tertiary/aromatic N) is 6. The number of anilines is 2. The van der Waals surface area contributed by atoms with E-state index in [1.54, 1.807) is 22.8 Å². The molecule has 2 aliphatic rings. The van der Waals surface area contributed by atoms with Crippen molar-refractivity contribution >= 4 is 79.8 Å². The van der Waals surface area contributed by atoms with Crippen molar-refractivity contribution in [2.45, 2.75) is 53.9 Å². The summed E-state index contributed by atoms with van der Waals surface area (Å²) in [5.74, 6) is 1.57. The van der Waals surface area contributed by atoms with Gasteiger partial charge in [0, 0.05) is 50.0 Å². The normalized spacial score (nSPS) is 14.6. The van der Waals surface area contributed by atoms with Gasteiger partial charge in [-0.15, -0.1) is 35.1 Å². The van der Waals surface area contributed by atoms with Gasteiger partial charge in [0.05, 0.1) is 30.6 Å². The van der Waals surface area contributed by atoms with Crippen LogP contribution in [0.1, 0.15) is 62.3 Å². The molecular weight excluding hydrogens is 1160 g/mol. The molecule has 0 saturated carbocycles. The maximum absolute atomic E-state index is 9.30. The minimum Gasteiger partial charge on any atom is -0.510 e. The minimum absolute atomic E-state index is 0. The van der Waals surface area contributed by atoms with E-state index in [4.69, 9.17) is 17.9 Å². The first kappa shape index (κ1) is 40.8. The number of hydrogen-bond donors (Lipinski definition) is 0. The summed E-state index contributed by atoms with van der Waals surface area (Å²) >= 11 is 0. The van der Waals surface area contributed by atoms with E-state index in [1.807, 2.05) is 60.3 Å². The molecule has 5 heterocycles. The Kier molecular flexibility index (Phi) is 9.91. The van der Waals surface area contributed by atoms with Gasteiger partial charge in [0.15, 0.2) is 5.82 Å². The standard InChI is InChI=1S/C70H58B2N6O.Pt/c1-44-21-16-22-45(2)63(44)71-57-38-36-51(42-62(57)77-43-76(60-34-20-33-59(68(60)77)74(71)8)65-52(48-25-12-10-13-26-48)29-18-30-53(65)49-27-14-11-15-28-49)79-50-35-37-54-55-31-19-32-58-66(55)78(61(54)41-50)69-67(56(39-40-73-69)70(5,6)7)75(9)72(58)64-46(3)23-17-24-47(64)4;/h10-40H,1-9H3;/q-2;/i10D,11D,12D,13D,14D,15D,25D,26D,27D,28D;. The van der Waals surface area contributed by atoms with Gasteiger partial charge in [-0.3, -0.25) is 4.57 Å². The Morgan fingerprint density at radius 1 is 0.588 bits per heavy atom. The number of rotatable bonds is 7. The van der Waals surface area contributed by atoms with Crippen molar-refractivity contribution in [2.75, 3.05) is 23.7 Å². The first-order valence-corrected chi connectivity index (χ1v) is 26.6. The second kappa shape index (κ2) is 19.5. The summed E-state index contributed by atoms with van der Waals surface area (Å²) in [6, 6.07) is 42.3. The van der Waals surface area contributed by atoms with Crippen molar-refractivity contribution in [1.29, 1.82) is 0 Å². The average Bonchev–Trinajstić information content (AvgIpc) is 1.52. The predicted octanol–water partition coefficient (Wildman–Crippen LogP) is 12.6. The SMILES string of the molecule is [2H]c1c([2H])c([2H])c(-c2cccc(-c3c([2H])c([2H])c([2H])c([2H])c3[2H])c2-[n+]2[c-]n3c4c(cccc42)N(C)B(c2c(C)cccc2C)c2ccc(Oc4[c-]c5c(cc4)c4cccc6c4n5-c4nccc(C(C)(C)C)c4N(C)B6c4c(C)cccc4C)[c-]c2-3)c([2H])c1[2H].[Pt]. The van der Waals surface area contributed by atoms with Gasteiger partial charge < -0.3 is 23.5 Å². The van der Waals surface area contributed by atoms with E-state index >= 15 is 0 Å². The van der Waals surface area contributed by atoms with E-state index in [-0.39, 0.29) is 68.1 Å². The molecule has 0 unspecified atom stereocenters. The summed E-state index contributed by atoms with van der Waals surface area (Å²) < 4.78 is 102. The molecule has 0 saturated heterocycles. The Morgan fingerprint density at radius 2 is 1.16 bits per heavy atom. The minimum atomic E-state index is -0.577. The summed E-state index contributed by atoms with van der Waals surface area (Å²) in [5, 5.41) is 2.04. The van der Waals surface area contributed by atoms with Crippen molar-refractivity contribution in [2.24, 2.45) is 0 Å². The fourth-order valence-corrected chi connectivity index (χ4v) is 12.7. The zero-order valence-corrected chi connectivity index (χ0v) is 48.0. The molecule has 0 bridgehead atoms. The Morgan fingerprint density at radius 3 is 1.80 bits per heavy atom. The maximum atomic E-state index is 9.30. The smallest absolute Gasteiger partial charge is 0.326 e. The van der Waals surface area contributed by atoms with Crippen molar-refractivity contribution in [3.63, 3.8) is 0 Å². The number of benzene rings is 9. The zero-order chi connectivity index (χ0) is 62.7. The van der Waals surface area contributed by atoms with Crippen molar-refractivity contribution < 1.29 is 44.1 Å². The predicted molar refractivity (Wildman–Crippen MR) is 328 cm³/mol. The number of imidazole rings is 1. The van der Waals surface area contributed by atoms with Crippen LogP contribution in [0.4, 0.5) is 11.4 Å². The van der Waals surface area contributed by atoms with E-state index in [0.717, 1.165) is 72.1 Å². The molecule has 12 aromatic rings. The molecule has 0 spiro atoms. The third kappa shape index (κ3) is 7.91. The molecule has 10 heteroatoms. The Hall–Kier alpha value is -8.38. The monoisotopic (exact) mass is 1230 g/mol. The molecule has 80 heavy (non-hydrogen) atoms. The van der Waals surface area contributed by atoms with Crippen molar-refractivity contribution in [3.05, 3.63) is 234 Å². The molecule has 0 N–H and O–H groups in total. The van der Waals surface area contributed by atoms with Crippen LogP contribution >= 0.6 is 0 Å². The van der Waals surface area contributed by atoms with Crippen molar-refractivity contribution in [1.82, 2.24) is 14.1 Å². The van der Waals surface area contributed by atoms with Gasteiger partial charge in [-0.25, -0.2) is 4.98 Å². The first-order valence-electron chi connectivity index (χ1n) is 31.6. The molecule has 0 aliphatic carbocycles. The van der Waals surface area contributed by atoms with E-state index in [1.165, 1.54) is 16.6 Å². The van der Waals surface area contributed by atoms with Crippen molar-refractivity contribution in [3.8, 4) is 50.9 Å². The van der Waals surface area contributed by atoms with Crippen LogP contribution in [0.25, 0.3) is 72.3 Å². The van der Waals surface area contributed by atoms with Gasteiger partial charge >= 0.3 is 6.85 Å². The molecule has 2 aliphatic heterocycles. The van der Waals surface area contributed by atoms with Gasteiger partial charge in [-0.2, -0.15) is 12.1 Å².